The number of benzene rings is 2. The first-order valence-electron chi connectivity index (χ1n) is 5.49. The lowest BCUT2D eigenvalue weighted by atomic mass is 10.2. The quantitative estimate of drug-likeness (QED) is 0.408. The molecular formula is C13H10ClNO4S. The van der Waals surface area contributed by atoms with Crippen LogP contribution >= 0.6 is 11.6 Å². The Kier molecular flexibility index (Phi) is 4.26. The van der Waals surface area contributed by atoms with E-state index >= 15 is 0 Å². The van der Waals surface area contributed by atoms with Gasteiger partial charge in [-0.2, -0.15) is 8.42 Å². The second-order valence-corrected chi connectivity index (χ2v) is 5.79. The van der Waals surface area contributed by atoms with Gasteiger partial charge in [0.05, 0.1) is 6.21 Å². The summed E-state index contributed by atoms with van der Waals surface area (Å²) in [5.41, 5.74) is 0.510. The minimum atomic E-state index is -3.93. The monoisotopic (exact) mass is 311 g/mol. The SMILES string of the molecule is O=S(=O)(Oc1cccc(/C=N/O)c1)c1ccc(Cl)cc1. The van der Waals surface area contributed by atoms with Gasteiger partial charge in [-0.1, -0.05) is 28.9 Å². The zero-order valence-corrected chi connectivity index (χ0v) is 11.7. The summed E-state index contributed by atoms with van der Waals surface area (Å²) in [5.74, 6) is 0.123. The van der Waals surface area contributed by atoms with E-state index in [9.17, 15) is 8.42 Å². The summed E-state index contributed by atoms with van der Waals surface area (Å²) in [6.45, 7) is 0. The molecule has 0 aliphatic carbocycles. The van der Waals surface area contributed by atoms with E-state index in [4.69, 9.17) is 21.0 Å². The number of hydrogen-bond acceptors (Lipinski definition) is 5. The highest BCUT2D eigenvalue weighted by molar-refractivity contribution is 7.87. The summed E-state index contributed by atoms with van der Waals surface area (Å²) in [6, 6.07) is 11.8. The summed E-state index contributed by atoms with van der Waals surface area (Å²) in [4.78, 5) is 0.00290. The molecule has 1 N–H and O–H groups in total. The van der Waals surface area contributed by atoms with E-state index in [0.29, 0.717) is 10.6 Å². The molecule has 0 unspecified atom stereocenters. The number of nitrogens with zero attached hydrogens (tertiary/aromatic N) is 1. The smallest absolute Gasteiger partial charge is 0.339 e. The van der Waals surface area contributed by atoms with E-state index in [1.807, 2.05) is 0 Å². The van der Waals surface area contributed by atoms with Crippen molar-refractivity contribution in [2.45, 2.75) is 4.90 Å². The van der Waals surface area contributed by atoms with Crippen molar-refractivity contribution in [2.75, 3.05) is 0 Å². The van der Waals surface area contributed by atoms with E-state index in [1.54, 1.807) is 12.1 Å². The molecule has 0 atom stereocenters. The van der Waals surface area contributed by atoms with Gasteiger partial charge in [0.25, 0.3) is 0 Å². The summed E-state index contributed by atoms with van der Waals surface area (Å²) in [6.07, 6.45) is 1.17. The fourth-order valence-corrected chi connectivity index (χ4v) is 2.54. The lowest BCUT2D eigenvalue weighted by molar-refractivity contribution is 0.322. The molecule has 0 saturated heterocycles. The van der Waals surface area contributed by atoms with Crippen molar-refractivity contribution in [1.29, 1.82) is 0 Å². The van der Waals surface area contributed by atoms with E-state index in [2.05, 4.69) is 5.16 Å². The largest absolute Gasteiger partial charge is 0.411 e. The average molecular weight is 312 g/mol. The fourth-order valence-electron chi connectivity index (χ4n) is 1.49. The first kappa shape index (κ1) is 14.4. The van der Waals surface area contributed by atoms with E-state index in [1.165, 1.54) is 42.6 Å². The van der Waals surface area contributed by atoms with Crippen molar-refractivity contribution in [2.24, 2.45) is 5.16 Å². The molecule has 0 heterocycles. The maximum atomic E-state index is 12.0. The Balaban J connectivity index is 2.28. The van der Waals surface area contributed by atoms with Crippen LogP contribution < -0.4 is 4.18 Å². The molecular weight excluding hydrogens is 302 g/mol. The molecule has 0 saturated carbocycles. The Hall–Kier alpha value is -2.05. The second-order valence-electron chi connectivity index (χ2n) is 3.81. The summed E-state index contributed by atoms with van der Waals surface area (Å²) < 4.78 is 29.1. The van der Waals surface area contributed by atoms with Crippen LogP contribution in [-0.2, 0) is 10.1 Å². The summed E-state index contributed by atoms with van der Waals surface area (Å²) >= 11 is 5.70. The third-order valence-corrected chi connectivity index (χ3v) is 3.89. The Bertz CT molecular complexity index is 726. The van der Waals surface area contributed by atoms with Crippen LogP contribution in [0.25, 0.3) is 0 Å². The molecule has 5 nitrogen and oxygen atoms in total. The molecule has 2 rings (SSSR count). The highest BCUT2D eigenvalue weighted by Gasteiger charge is 2.16. The Morgan fingerprint density at radius 3 is 2.50 bits per heavy atom. The summed E-state index contributed by atoms with van der Waals surface area (Å²) in [7, 11) is -3.93. The van der Waals surface area contributed by atoms with Crippen molar-refractivity contribution in [3.63, 3.8) is 0 Å². The van der Waals surface area contributed by atoms with Crippen LogP contribution in [0, 0.1) is 0 Å². The minimum Gasteiger partial charge on any atom is -0.411 e. The van der Waals surface area contributed by atoms with Gasteiger partial charge >= 0.3 is 10.1 Å². The molecule has 104 valence electrons. The van der Waals surface area contributed by atoms with Crippen molar-refractivity contribution in [3.8, 4) is 5.75 Å². The number of rotatable bonds is 4. The first-order valence-corrected chi connectivity index (χ1v) is 7.27. The maximum Gasteiger partial charge on any atom is 0.339 e. The molecule has 0 aliphatic rings. The predicted molar refractivity (Wildman–Crippen MR) is 75.1 cm³/mol. The van der Waals surface area contributed by atoms with Crippen LogP contribution in [0.2, 0.25) is 5.02 Å². The minimum absolute atomic E-state index is 0.00290. The molecule has 2 aromatic rings. The van der Waals surface area contributed by atoms with Crippen LogP contribution in [0.5, 0.6) is 5.75 Å². The van der Waals surface area contributed by atoms with Crippen LogP contribution in [0.1, 0.15) is 5.56 Å². The Morgan fingerprint density at radius 2 is 1.85 bits per heavy atom. The highest BCUT2D eigenvalue weighted by atomic mass is 35.5. The number of halogens is 1. The predicted octanol–water partition coefficient (Wildman–Crippen LogP) is 2.92. The van der Waals surface area contributed by atoms with Crippen molar-refractivity contribution >= 4 is 27.9 Å². The van der Waals surface area contributed by atoms with E-state index < -0.39 is 10.1 Å². The Morgan fingerprint density at radius 1 is 1.15 bits per heavy atom. The lowest BCUT2D eigenvalue weighted by Crippen LogP contribution is -2.09. The van der Waals surface area contributed by atoms with E-state index in [-0.39, 0.29) is 10.6 Å². The van der Waals surface area contributed by atoms with Crippen LogP contribution in [0.15, 0.2) is 58.6 Å². The van der Waals surface area contributed by atoms with Crippen LogP contribution in [0.3, 0.4) is 0 Å². The topological polar surface area (TPSA) is 76.0 Å². The third-order valence-electron chi connectivity index (χ3n) is 2.37. The van der Waals surface area contributed by atoms with Gasteiger partial charge in [-0.25, -0.2) is 0 Å². The van der Waals surface area contributed by atoms with Gasteiger partial charge in [-0.05, 0) is 42.0 Å². The van der Waals surface area contributed by atoms with Gasteiger partial charge in [0.15, 0.2) is 0 Å². The zero-order chi connectivity index (χ0) is 14.6. The molecule has 0 spiro atoms. The standard InChI is InChI=1S/C13H10ClNO4S/c14-11-4-6-13(7-5-11)20(17,18)19-12-3-1-2-10(8-12)9-15-16/h1-9,16H/b15-9+. The van der Waals surface area contributed by atoms with Gasteiger partial charge in [0.2, 0.25) is 0 Å². The molecule has 0 aromatic heterocycles. The lowest BCUT2D eigenvalue weighted by Gasteiger charge is -2.07. The fraction of sp³-hybridized carbons (Fsp3) is 0. The molecule has 0 fully saturated rings. The van der Waals surface area contributed by atoms with Gasteiger partial charge in [0.1, 0.15) is 10.6 Å². The molecule has 2 aromatic carbocycles. The molecule has 0 radical (unpaired) electrons. The maximum absolute atomic E-state index is 12.0. The average Bonchev–Trinajstić information content (AvgIpc) is 2.39. The van der Waals surface area contributed by atoms with Crippen molar-refractivity contribution in [3.05, 3.63) is 59.1 Å². The number of hydrogen-bond donors (Lipinski definition) is 1. The molecule has 0 bridgehead atoms. The molecule has 0 amide bonds. The highest BCUT2D eigenvalue weighted by Crippen LogP contribution is 2.20. The van der Waals surface area contributed by atoms with Crippen molar-refractivity contribution < 1.29 is 17.8 Å². The van der Waals surface area contributed by atoms with Gasteiger partial charge in [-0.3, -0.25) is 0 Å². The second kappa shape index (κ2) is 5.94. The van der Waals surface area contributed by atoms with Gasteiger partial charge in [0, 0.05) is 5.02 Å². The normalized spacial score (nSPS) is 11.7. The van der Waals surface area contributed by atoms with Crippen LogP contribution in [0.4, 0.5) is 0 Å². The molecule has 7 heteroatoms. The van der Waals surface area contributed by atoms with Gasteiger partial charge < -0.3 is 9.39 Å². The van der Waals surface area contributed by atoms with Gasteiger partial charge in [-0.15, -0.1) is 0 Å². The first-order chi connectivity index (χ1) is 9.51. The summed E-state index contributed by atoms with van der Waals surface area (Å²) in [5, 5.41) is 11.7. The zero-order valence-electron chi connectivity index (χ0n) is 10.1. The van der Waals surface area contributed by atoms with E-state index in [0.717, 1.165) is 0 Å². The van der Waals surface area contributed by atoms with Crippen LogP contribution in [-0.4, -0.2) is 19.8 Å². The molecule has 20 heavy (non-hydrogen) atoms. The Labute approximate surface area is 121 Å². The molecule has 0 aliphatic heterocycles. The van der Waals surface area contributed by atoms with Crippen molar-refractivity contribution in [1.82, 2.24) is 0 Å². The number of oxime groups is 1. The third kappa shape index (κ3) is 3.49.